The number of alkyl halides is 1. The lowest BCUT2D eigenvalue weighted by atomic mass is 10.00. The molecule has 0 bridgehead atoms. The molecule has 1 aliphatic heterocycles. The van der Waals surface area contributed by atoms with Crippen LogP contribution in [0.5, 0.6) is 0 Å². The first kappa shape index (κ1) is 11.9. The first-order valence-corrected chi connectivity index (χ1v) is 6.44. The van der Waals surface area contributed by atoms with Gasteiger partial charge in [-0.25, -0.2) is 4.98 Å². The maximum atomic E-state index is 6.22. The number of aromatic nitrogens is 2. The summed E-state index contributed by atoms with van der Waals surface area (Å²) in [6, 6.07) is 0. The van der Waals surface area contributed by atoms with E-state index in [1.54, 1.807) is 0 Å². The van der Waals surface area contributed by atoms with Gasteiger partial charge < -0.3 is 9.47 Å². The van der Waals surface area contributed by atoms with Gasteiger partial charge in [-0.1, -0.05) is 6.92 Å². The van der Waals surface area contributed by atoms with E-state index in [9.17, 15) is 0 Å². The Bertz CT molecular complexity index is 337. The molecule has 2 unspecified atom stereocenters. The van der Waals surface area contributed by atoms with Gasteiger partial charge in [0.25, 0.3) is 0 Å². The number of imidazole rings is 1. The Labute approximate surface area is 102 Å². The SMILES string of the molecule is Cc1nccn1CCN1CCC(Cl)C(C)C1. The van der Waals surface area contributed by atoms with E-state index >= 15 is 0 Å². The lowest BCUT2D eigenvalue weighted by Crippen LogP contribution is -2.41. The number of likely N-dealkylation sites (tertiary alicyclic amines) is 1. The Morgan fingerprint density at radius 1 is 1.50 bits per heavy atom. The van der Waals surface area contributed by atoms with Crippen LogP contribution in [0.3, 0.4) is 0 Å². The average Bonchev–Trinajstić information content (AvgIpc) is 2.66. The molecule has 0 aliphatic carbocycles. The molecule has 16 heavy (non-hydrogen) atoms. The zero-order valence-electron chi connectivity index (χ0n) is 10.1. The van der Waals surface area contributed by atoms with Gasteiger partial charge in [0.15, 0.2) is 0 Å². The lowest BCUT2D eigenvalue weighted by molar-refractivity contribution is 0.181. The molecule has 4 heteroatoms. The zero-order valence-corrected chi connectivity index (χ0v) is 10.8. The molecule has 0 spiro atoms. The van der Waals surface area contributed by atoms with Crippen LogP contribution in [0.4, 0.5) is 0 Å². The minimum absolute atomic E-state index is 0.367. The Hall–Kier alpha value is -0.540. The monoisotopic (exact) mass is 241 g/mol. The third-order valence-corrected chi connectivity index (χ3v) is 4.11. The number of nitrogens with zero attached hydrogens (tertiary/aromatic N) is 3. The van der Waals surface area contributed by atoms with Crippen molar-refractivity contribution in [2.45, 2.75) is 32.2 Å². The van der Waals surface area contributed by atoms with Crippen LogP contribution in [-0.4, -0.2) is 39.5 Å². The van der Waals surface area contributed by atoms with Crippen molar-refractivity contribution in [3.63, 3.8) is 0 Å². The molecule has 1 saturated heterocycles. The Balaban J connectivity index is 1.81. The van der Waals surface area contributed by atoms with E-state index < -0.39 is 0 Å². The third-order valence-electron chi connectivity index (χ3n) is 3.47. The van der Waals surface area contributed by atoms with Crippen molar-refractivity contribution in [2.75, 3.05) is 19.6 Å². The first-order valence-electron chi connectivity index (χ1n) is 6.01. The fourth-order valence-electron chi connectivity index (χ4n) is 2.30. The van der Waals surface area contributed by atoms with E-state index in [4.69, 9.17) is 11.6 Å². The van der Waals surface area contributed by atoms with E-state index in [1.807, 2.05) is 19.3 Å². The average molecular weight is 242 g/mol. The fraction of sp³-hybridized carbons (Fsp3) is 0.750. The van der Waals surface area contributed by atoms with Gasteiger partial charge >= 0.3 is 0 Å². The molecular weight excluding hydrogens is 222 g/mol. The number of rotatable bonds is 3. The van der Waals surface area contributed by atoms with Crippen LogP contribution in [0.2, 0.25) is 0 Å². The molecular formula is C12H20ClN3. The van der Waals surface area contributed by atoms with Crippen molar-refractivity contribution in [1.82, 2.24) is 14.5 Å². The molecule has 2 atom stereocenters. The highest BCUT2D eigenvalue weighted by atomic mass is 35.5. The second kappa shape index (κ2) is 5.19. The van der Waals surface area contributed by atoms with Gasteiger partial charge in [-0.05, 0) is 25.8 Å². The molecule has 2 heterocycles. The largest absolute Gasteiger partial charge is 0.334 e. The molecule has 2 rings (SSSR count). The number of hydrogen-bond donors (Lipinski definition) is 0. The Kier molecular flexibility index (Phi) is 3.87. The molecule has 0 N–H and O–H groups in total. The molecule has 1 aliphatic rings. The summed E-state index contributed by atoms with van der Waals surface area (Å²) in [6.45, 7) is 8.69. The quantitative estimate of drug-likeness (QED) is 0.757. The van der Waals surface area contributed by atoms with Crippen molar-refractivity contribution >= 4 is 11.6 Å². The van der Waals surface area contributed by atoms with Gasteiger partial charge in [0.05, 0.1) is 0 Å². The van der Waals surface area contributed by atoms with Crippen molar-refractivity contribution < 1.29 is 0 Å². The maximum Gasteiger partial charge on any atom is 0.105 e. The molecule has 1 fully saturated rings. The normalized spacial score (nSPS) is 27.2. The summed E-state index contributed by atoms with van der Waals surface area (Å²) in [5, 5.41) is 0.367. The van der Waals surface area contributed by atoms with Crippen molar-refractivity contribution in [3.05, 3.63) is 18.2 Å². The van der Waals surface area contributed by atoms with Gasteiger partial charge in [0.2, 0.25) is 0 Å². The second-order valence-electron chi connectivity index (χ2n) is 4.75. The van der Waals surface area contributed by atoms with Crippen molar-refractivity contribution in [1.29, 1.82) is 0 Å². The molecule has 1 aromatic heterocycles. The smallest absolute Gasteiger partial charge is 0.105 e. The maximum absolute atomic E-state index is 6.22. The number of piperidine rings is 1. The van der Waals surface area contributed by atoms with E-state index in [1.165, 1.54) is 0 Å². The van der Waals surface area contributed by atoms with E-state index in [0.29, 0.717) is 11.3 Å². The van der Waals surface area contributed by atoms with Crippen LogP contribution in [0.1, 0.15) is 19.2 Å². The topological polar surface area (TPSA) is 21.1 Å². The summed E-state index contributed by atoms with van der Waals surface area (Å²) in [7, 11) is 0. The van der Waals surface area contributed by atoms with Gasteiger partial charge in [-0.15, -0.1) is 11.6 Å². The summed E-state index contributed by atoms with van der Waals surface area (Å²) in [4.78, 5) is 6.73. The van der Waals surface area contributed by atoms with Gasteiger partial charge in [0.1, 0.15) is 5.82 Å². The molecule has 0 aromatic carbocycles. The highest BCUT2D eigenvalue weighted by Gasteiger charge is 2.23. The van der Waals surface area contributed by atoms with Gasteiger partial charge in [-0.3, -0.25) is 0 Å². The second-order valence-corrected chi connectivity index (χ2v) is 5.31. The zero-order chi connectivity index (χ0) is 11.5. The molecule has 0 radical (unpaired) electrons. The lowest BCUT2D eigenvalue weighted by Gasteiger charge is -2.34. The van der Waals surface area contributed by atoms with Crippen LogP contribution in [0, 0.1) is 12.8 Å². The summed E-state index contributed by atoms with van der Waals surface area (Å²) < 4.78 is 2.21. The molecule has 0 amide bonds. The highest BCUT2D eigenvalue weighted by molar-refractivity contribution is 6.20. The van der Waals surface area contributed by atoms with Crippen molar-refractivity contribution in [2.24, 2.45) is 5.92 Å². The highest BCUT2D eigenvalue weighted by Crippen LogP contribution is 2.21. The van der Waals surface area contributed by atoms with E-state index in [0.717, 1.165) is 38.4 Å². The van der Waals surface area contributed by atoms with Crippen LogP contribution in [-0.2, 0) is 6.54 Å². The molecule has 1 aromatic rings. The van der Waals surface area contributed by atoms with Crippen molar-refractivity contribution in [3.8, 4) is 0 Å². The summed E-state index contributed by atoms with van der Waals surface area (Å²) in [5.74, 6) is 1.71. The molecule has 0 saturated carbocycles. The van der Waals surface area contributed by atoms with Crippen LogP contribution in [0.15, 0.2) is 12.4 Å². The number of hydrogen-bond acceptors (Lipinski definition) is 2. The predicted octanol–water partition coefficient (Wildman–Crippen LogP) is 2.14. The summed E-state index contributed by atoms with van der Waals surface area (Å²) in [6.07, 6.45) is 5.03. The number of halogens is 1. The van der Waals surface area contributed by atoms with Crippen LogP contribution in [0.25, 0.3) is 0 Å². The predicted molar refractivity (Wildman–Crippen MR) is 66.8 cm³/mol. The van der Waals surface area contributed by atoms with E-state index in [-0.39, 0.29) is 0 Å². The number of aryl methyl sites for hydroxylation is 1. The third kappa shape index (κ3) is 2.77. The molecule has 90 valence electrons. The van der Waals surface area contributed by atoms with Gasteiger partial charge in [0, 0.05) is 37.4 Å². The molecule has 3 nitrogen and oxygen atoms in total. The Morgan fingerprint density at radius 2 is 2.31 bits per heavy atom. The summed E-state index contributed by atoms with van der Waals surface area (Å²) in [5.41, 5.74) is 0. The van der Waals surface area contributed by atoms with Gasteiger partial charge in [-0.2, -0.15) is 0 Å². The summed E-state index contributed by atoms with van der Waals surface area (Å²) >= 11 is 6.22. The Morgan fingerprint density at radius 3 is 2.94 bits per heavy atom. The fourth-order valence-corrected chi connectivity index (χ4v) is 2.47. The minimum Gasteiger partial charge on any atom is -0.334 e. The van der Waals surface area contributed by atoms with E-state index in [2.05, 4.69) is 21.4 Å². The first-order chi connectivity index (χ1) is 7.66. The van der Waals surface area contributed by atoms with Crippen LogP contribution >= 0.6 is 11.6 Å². The standard InChI is InChI=1S/C12H20ClN3/c1-10-9-15(5-3-12(10)13)7-8-16-6-4-14-11(16)2/h4,6,10,12H,3,5,7-9H2,1-2H3. The minimum atomic E-state index is 0.367. The van der Waals surface area contributed by atoms with Crippen LogP contribution < -0.4 is 0 Å².